The number of nitrogens with zero attached hydrogens (tertiary/aromatic N) is 2. The van der Waals surface area contributed by atoms with Crippen molar-refractivity contribution in [3.8, 4) is 5.75 Å². The van der Waals surface area contributed by atoms with Crippen molar-refractivity contribution < 1.29 is 19.4 Å². The predicted molar refractivity (Wildman–Crippen MR) is 77.4 cm³/mol. The van der Waals surface area contributed by atoms with Gasteiger partial charge in [-0.3, -0.25) is 4.79 Å². The van der Waals surface area contributed by atoms with E-state index in [0.29, 0.717) is 18.8 Å². The van der Waals surface area contributed by atoms with Crippen molar-refractivity contribution >= 4 is 17.6 Å². The van der Waals surface area contributed by atoms with Gasteiger partial charge >= 0.3 is 5.97 Å². The summed E-state index contributed by atoms with van der Waals surface area (Å²) in [5.41, 5.74) is 6.00. The van der Waals surface area contributed by atoms with Crippen molar-refractivity contribution in [1.82, 2.24) is 9.80 Å². The van der Waals surface area contributed by atoms with Gasteiger partial charge in [-0.15, -0.1) is 0 Å². The molecule has 1 fully saturated rings. The average molecular weight is 293 g/mol. The van der Waals surface area contributed by atoms with Gasteiger partial charge in [0.05, 0.1) is 0 Å². The lowest BCUT2D eigenvalue weighted by Gasteiger charge is -2.32. The number of nitrogen functional groups attached to an aromatic ring is 1. The van der Waals surface area contributed by atoms with E-state index >= 15 is 0 Å². The zero-order valence-electron chi connectivity index (χ0n) is 11.9. The SMILES string of the molecule is CN1CCN(C(=O)COc2cc(N)ccc2C(=O)O)CC1. The van der Waals surface area contributed by atoms with Crippen molar-refractivity contribution in [2.45, 2.75) is 0 Å². The number of carbonyl (C=O) groups excluding carboxylic acids is 1. The maximum absolute atomic E-state index is 12.0. The van der Waals surface area contributed by atoms with Crippen LogP contribution in [0, 0.1) is 0 Å². The molecule has 0 aromatic heterocycles. The second-order valence-corrected chi connectivity index (χ2v) is 5.03. The first-order chi connectivity index (χ1) is 9.97. The van der Waals surface area contributed by atoms with Crippen LogP contribution in [0.15, 0.2) is 18.2 Å². The Labute approximate surface area is 122 Å². The number of likely N-dealkylation sites (N-methyl/N-ethyl adjacent to an activating group) is 1. The Morgan fingerprint density at radius 3 is 2.57 bits per heavy atom. The summed E-state index contributed by atoms with van der Waals surface area (Å²) in [5, 5.41) is 9.08. The van der Waals surface area contributed by atoms with Crippen LogP contribution >= 0.6 is 0 Å². The second-order valence-electron chi connectivity index (χ2n) is 5.03. The standard InChI is InChI=1S/C14H19N3O4/c1-16-4-6-17(7-5-16)13(18)9-21-12-8-10(15)2-3-11(12)14(19)20/h2-3,8H,4-7,9,15H2,1H3,(H,19,20). The molecule has 1 aliphatic rings. The van der Waals surface area contributed by atoms with Crippen LogP contribution in [0.1, 0.15) is 10.4 Å². The second kappa shape index (κ2) is 6.45. The van der Waals surface area contributed by atoms with Gasteiger partial charge in [-0.2, -0.15) is 0 Å². The highest BCUT2D eigenvalue weighted by Crippen LogP contribution is 2.22. The highest BCUT2D eigenvalue weighted by atomic mass is 16.5. The number of amides is 1. The summed E-state index contributed by atoms with van der Waals surface area (Å²) in [6.07, 6.45) is 0. The lowest BCUT2D eigenvalue weighted by Crippen LogP contribution is -2.48. The Morgan fingerprint density at radius 1 is 1.29 bits per heavy atom. The molecule has 0 spiro atoms. The van der Waals surface area contributed by atoms with E-state index < -0.39 is 5.97 Å². The first-order valence-corrected chi connectivity index (χ1v) is 6.69. The van der Waals surface area contributed by atoms with Gasteiger partial charge < -0.3 is 25.4 Å². The fraction of sp³-hybridized carbons (Fsp3) is 0.429. The van der Waals surface area contributed by atoms with Gasteiger partial charge in [0.15, 0.2) is 6.61 Å². The van der Waals surface area contributed by atoms with Crippen molar-refractivity contribution in [2.24, 2.45) is 0 Å². The molecule has 0 radical (unpaired) electrons. The molecule has 0 saturated carbocycles. The van der Waals surface area contributed by atoms with E-state index in [0.717, 1.165) is 13.1 Å². The zero-order chi connectivity index (χ0) is 15.4. The Morgan fingerprint density at radius 2 is 1.95 bits per heavy atom. The van der Waals surface area contributed by atoms with Crippen LogP contribution < -0.4 is 10.5 Å². The summed E-state index contributed by atoms with van der Waals surface area (Å²) in [7, 11) is 2.00. The van der Waals surface area contributed by atoms with Gasteiger partial charge in [0.25, 0.3) is 5.91 Å². The van der Waals surface area contributed by atoms with Crippen LogP contribution in [0.4, 0.5) is 5.69 Å². The van der Waals surface area contributed by atoms with E-state index in [1.165, 1.54) is 18.2 Å². The van der Waals surface area contributed by atoms with Crippen molar-refractivity contribution in [2.75, 3.05) is 45.6 Å². The predicted octanol–water partition coefficient (Wildman–Crippen LogP) is 0.120. The van der Waals surface area contributed by atoms with E-state index in [2.05, 4.69) is 4.90 Å². The fourth-order valence-electron chi connectivity index (χ4n) is 2.12. The molecule has 114 valence electrons. The highest BCUT2D eigenvalue weighted by molar-refractivity contribution is 5.91. The molecule has 0 bridgehead atoms. The number of piperazine rings is 1. The minimum Gasteiger partial charge on any atom is -0.483 e. The quantitative estimate of drug-likeness (QED) is 0.766. The van der Waals surface area contributed by atoms with Gasteiger partial charge in [-0.1, -0.05) is 0 Å². The number of aromatic carboxylic acids is 1. The molecular weight excluding hydrogens is 274 g/mol. The maximum atomic E-state index is 12.0. The Hall–Kier alpha value is -2.28. The van der Waals surface area contributed by atoms with E-state index in [1.807, 2.05) is 7.05 Å². The summed E-state index contributed by atoms with van der Waals surface area (Å²) in [4.78, 5) is 27.0. The Bertz CT molecular complexity index is 539. The number of carboxylic acids is 1. The maximum Gasteiger partial charge on any atom is 0.339 e. The summed E-state index contributed by atoms with van der Waals surface area (Å²) >= 11 is 0. The number of carbonyl (C=O) groups is 2. The first kappa shape index (κ1) is 15.1. The van der Waals surface area contributed by atoms with Crippen LogP contribution in [0.25, 0.3) is 0 Å². The zero-order valence-corrected chi connectivity index (χ0v) is 11.9. The van der Waals surface area contributed by atoms with Gasteiger partial charge in [-0.05, 0) is 19.2 Å². The normalized spacial score (nSPS) is 15.8. The van der Waals surface area contributed by atoms with Gasteiger partial charge in [0.1, 0.15) is 11.3 Å². The van der Waals surface area contributed by atoms with Crippen LogP contribution in [0.2, 0.25) is 0 Å². The van der Waals surface area contributed by atoms with Crippen molar-refractivity contribution in [3.63, 3.8) is 0 Å². The largest absolute Gasteiger partial charge is 0.483 e. The van der Waals surface area contributed by atoms with Gasteiger partial charge in [-0.25, -0.2) is 4.79 Å². The third-order valence-electron chi connectivity index (χ3n) is 3.44. The molecule has 1 amide bonds. The average Bonchev–Trinajstić information content (AvgIpc) is 2.45. The topological polar surface area (TPSA) is 96.1 Å². The third kappa shape index (κ3) is 3.85. The number of carboxylic acid groups (broad SMARTS) is 1. The van der Waals surface area contributed by atoms with Crippen LogP contribution in [0.5, 0.6) is 5.75 Å². The highest BCUT2D eigenvalue weighted by Gasteiger charge is 2.20. The van der Waals surface area contributed by atoms with E-state index in [1.54, 1.807) is 4.90 Å². The minimum absolute atomic E-state index is 0.00428. The van der Waals surface area contributed by atoms with Crippen molar-refractivity contribution in [3.05, 3.63) is 23.8 Å². The van der Waals surface area contributed by atoms with Gasteiger partial charge in [0, 0.05) is 37.9 Å². The van der Waals surface area contributed by atoms with Crippen molar-refractivity contribution in [1.29, 1.82) is 0 Å². The Kier molecular flexibility index (Phi) is 4.64. The number of nitrogens with two attached hydrogens (primary N) is 1. The lowest BCUT2D eigenvalue weighted by atomic mass is 10.2. The first-order valence-electron chi connectivity index (χ1n) is 6.69. The molecule has 0 aliphatic carbocycles. The molecule has 7 heteroatoms. The van der Waals surface area contributed by atoms with Crippen LogP contribution in [-0.4, -0.2) is 66.6 Å². The number of hydrogen-bond acceptors (Lipinski definition) is 5. The molecule has 1 aliphatic heterocycles. The summed E-state index contributed by atoms with van der Waals surface area (Å²) < 4.78 is 5.36. The van der Waals surface area contributed by atoms with Crippen LogP contribution in [-0.2, 0) is 4.79 Å². The number of benzene rings is 1. The van der Waals surface area contributed by atoms with Gasteiger partial charge in [0.2, 0.25) is 0 Å². The molecule has 3 N–H and O–H groups in total. The fourth-order valence-corrected chi connectivity index (χ4v) is 2.12. The number of anilines is 1. The summed E-state index contributed by atoms with van der Waals surface area (Å²) in [6.45, 7) is 2.77. The summed E-state index contributed by atoms with van der Waals surface area (Å²) in [6, 6.07) is 4.27. The molecule has 1 saturated heterocycles. The minimum atomic E-state index is -1.11. The molecule has 1 heterocycles. The lowest BCUT2D eigenvalue weighted by molar-refractivity contribution is -0.134. The number of ether oxygens (including phenoxy) is 1. The molecule has 0 atom stereocenters. The van der Waals surface area contributed by atoms with Crippen LogP contribution in [0.3, 0.4) is 0 Å². The van der Waals surface area contributed by atoms with E-state index in [-0.39, 0.29) is 23.8 Å². The van der Waals surface area contributed by atoms with E-state index in [4.69, 9.17) is 15.6 Å². The molecule has 1 aromatic rings. The molecule has 0 unspecified atom stereocenters. The molecule has 1 aromatic carbocycles. The molecule has 21 heavy (non-hydrogen) atoms. The smallest absolute Gasteiger partial charge is 0.339 e. The molecule has 7 nitrogen and oxygen atoms in total. The number of rotatable bonds is 4. The van der Waals surface area contributed by atoms with E-state index in [9.17, 15) is 9.59 Å². The third-order valence-corrected chi connectivity index (χ3v) is 3.44. The monoisotopic (exact) mass is 293 g/mol. The number of hydrogen-bond donors (Lipinski definition) is 2. The molecule has 2 rings (SSSR count). The molecular formula is C14H19N3O4. The Balaban J connectivity index is 1.98. The summed E-state index contributed by atoms with van der Waals surface area (Å²) in [5.74, 6) is -1.15.